The van der Waals surface area contributed by atoms with E-state index in [9.17, 15) is 14.7 Å². The Bertz CT molecular complexity index is 201. The van der Waals surface area contributed by atoms with Gasteiger partial charge in [-0.15, -0.1) is 0 Å². The summed E-state index contributed by atoms with van der Waals surface area (Å²) in [6.07, 6.45) is 0. The zero-order valence-corrected chi connectivity index (χ0v) is 8.17. The number of likely N-dealkylation sites (N-methyl/N-ethyl adjacent to an activating group) is 1. The number of carboxylic acid groups (broad SMARTS) is 1. The SMILES string of the molecule is CC(=O)C(C)(C(=O)[O-])[N+](C)(C)C. The van der Waals surface area contributed by atoms with Gasteiger partial charge in [0.25, 0.3) is 0 Å². The Labute approximate surface area is 72.4 Å². The number of hydrogen-bond acceptors (Lipinski definition) is 3. The molecule has 1 unspecified atom stereocenters. The quantitative estimate of drug-likeness (QED) is 0.397. The van der Waals surface area contributed by atoms with Crippen molar-refractivity contribution in [3.05, 3.63) is 0 Å². The van der Waals surface area contributed by atoms with Gasteiger partial charge in [-0.05, 0) is 0 Å². The summed E-state index contributed by atoms with van der Waals surface area (Å²) in [6, 6.07) is 0. The monoisotopic (exact) mass is 173 g/mol. The first-order valence-electron chi connectivity index (χ1n) is 3.68. The Hall–Kier alpha value is -0.900. The number of carbonyl (C=O) groups is 2. The van der Waals surface area contributed by atoms with E-state index >= 15 is 0 Å². The van der Waals surface area contributed by atoms with Crippen LogP contribution in [0.15, 0.2) is 0 Å². The first-order valence-corrected chi connectivity index (χ1v) is 3.68. The number of quaternary nitrogens is 1. The molecule has 0 aromatic rings. The van der Waals surface area contributed by atoms with Crippen LogP contribution < -0.4 is 5.11 Å². The van der Waals surface area contributed by atoms with Gasteiger partial charge in [0.2, 0.25) is 0 Å². The molecule has 0 saturated heterocycles. The fourth-order valence-corrected chi connectivity index (χ4v) is 0.890. The highest BCUT2D eigenvalue weighted by Crippen LogP contribution is 2.18. The maximum absolute atomic E-state index is 11.1. The third-order valence-corrected chi connectivity index (χ3v) is 2.42. The van der Waals surface area contributed by atoms with Crippen LogP contribution in [0.25, 0.3) is 0 Å². The summed E-state index contributed by atoms with van der Waals surface area (Å²) in [5, 5.41) is 10.8. The van der Waals surface area contributed by atoms with E-state index in [1.165, 1.54) is 13.8 Å². The van der Waals surface area contributed by atoms with Crippen molar-refractivity contribution in [2.45, 2.75) is 19.4 Å². The normalized spacial score (nSPS) is 16.8. The number of aliphatic carboxylic acids is 1. The predicted octanol–water partition coefficient (Wildman–Crippen LogP) is -1.21. The van der Waals surface area contributed by atoms with Crippen molar-refractivity contribution < 1.29 is 19.2 Å². The van der Waals surface area contributed by atoms with Crippen molar-refractivity contribution in [1.29, 1.82) is 0 Å². The van der Waals surface area contributed by atoms with Gasteiger partial charge >= 0.3 is 0 Å². The lowest BCUT2D eigenvalue weighted by Crippen LogP contribution is -2.67. The van der Waals surface area contributed by atoms with E-state index in [1.54, 1.807) is 21.1 Å². The first kappa shape index (κ1) is 11.1. The van der Waals surface area contributed by atoms with Crippen LogP contribution in [0.1, 0.15) is 13.8 Å². The fourth-order valence-electron chi connectivity index (χ4n) is 0.890. The number of nitrogens with zero attached hydrogens (tertiary/aromatic N) is 1. The molecule has 0 fully saturated rings. The second-order valence-corrected chi connectivity index (χ2v) is 3.93. The Morgan fingerprint density at radius 1 is 1.25 bits per heavy atom. The van der Waals surface area contributed by atoms with E-state index < -0.39 is 17.3 Å². The zero-order chi connectivity index (χ0) is 10.2. The third kappa shape index (κ3) is 1.48. The minimum Gasteiger partial charge on any atom is -0.543 e. The van der Waals surface area contributed by atoms with E-state index in [0.717, 1.165) is 0 Å². The number of rotatable bonds is 3. The van der Waals surface area contributed by atoms with Crippen LogP contribution in [0.3, 0.4) is 0 Å². The average molecular weight is 173 g/mol. The number of ketones is 1. The van der Waals surface area contributed by atoms with Crippen molar-refractivity contribution in [3.63, 3.8) is 0 Å². The third-order valence-electron chi connectivity index (χ3n) is 2.42. The number of hydrogen-bond donors (Lipinski definition) is 0. The lowest BCUT2D eigenvalue weighted by atomic mass is 9.94. The summed E-state index contributed by atoms with van der Waals surface area (Å²) in [5.74, 6) is -1.72. The van der Waals surface area contributed by atoms with Crippen LogP contribution in [0.5, 0.6) is 0 Å². The predicted molar refractivity (Wildman–Crippen MR) is 42.1 cm³/mol. The van der Waals surface area contributed by atoms with Crippen molar-refractivity contribution in [2.75, 3.05) is 21.1 Å². The molecule has 0 bridgehead atoms. The van der Waals surface area contributed by atoms with Crippen molar-refractivity contribution in [3.8, 4) is 0 Å². The molecule has 0 aliphatic carbocycles. The maximum atomic E-state index is 11.1. The maximum Gasteiger partial charge on any atom is 0.195 e. The van der Waals surface area contributed by atoms with Crippen molar-refractivity contribution in [1.82, 2.24) is 0 Å². The molecular formula is C8H15NO3. The van der Waals surface area contributed by atoms with Gasteiger partial charge in [-0.1, -0.05) is 0 Å². The highest BCUT2D eigenvalue weighted by Gasteiger charge is 2.44. The second-order valence-electron chi connectivity index (χ2n) is 3.93. The molecule has 0 amide bonds. The molecular weight excluding hydrogens is 158 g/mol. The van der Waals surface area contributed by atoms with E-state index in [-0.39, 0.29) is 4.48 Å². The average Bonchev–Trinajstić information content (AvgIpc) is 1.82. The molecule has 0 aliphatic rings. The summed E-state index contributed by atoms with van der Waals surface area (Å²) < 4.78 is 0.0324. The summed E-state index contributed by atoms with van der Waals surface area (Å²) in [6.45, 7) is 2.64. The number of carbonyl (C=O) groups excluding carboxylic acids is 2. The molecule has 12 heavy (non-hydrogen) atoms. The van der Waals surface area contributed by atoms with Gasteiger partial charge in [0.15, 0.2) is 11.3 Å². The molecule has 0 spiro atoms. The Balaban J connectivity index is 5.17. The van der Waals surface area contributed by atoms with Gasteiger partial charge in [0.1, 0.15) is 5.97 Å². The van der Waals surface area contributed by atoms with Gasteiger partial charge in [0.05, 0.1) is 21.1 Å². The summed E-state index contributed by atoms with van der Waals surface area (Å²) >= 11 is 0. The molecule has 0 aromatic heterocycles. The van der Waals surface area contributed by atoms with Gasteiger partial charge < -0.3 is 14.4 Å². The second kappa shape index (κ2) is 2.86. The van der Waals surface area contributed by atoms with Gasteiger partial charge in [-0.25, -0.2) is 0 Å². The molecule has 1 atom stereocenters. The highest BCUT2D eigenvalue weighted by atomic mass is 16.4. The van der Waals surface area contributed by atoms with E-state index in [1.807, 2.05) is 0 Å². The molecule has 4 heteroatoms. The Kier molecular flexibility index (Phi) is 2.65. The van der Waals surface area contributed by atoms with Crippen LogP contribution in [0.2, 0.25) is 0 Å². The van der Waals surface area contributed by atoms with E-state index in [2.05, 4.69) is 0 Å². The van der Waals surface area contributed by atoms with Crippen LogP contribution in [-0.4, -0.2) is 42.9 Å². The minimum atomic E-state index is -1.46. The minimum absolute atomic E-state index is 0.0324. The number of carboxylic acids is 1. The molecule has 0 rings (SSSR count). The smallest absolute Gasteiger partial charge is 0.195 e. The topological polar surface area (TPSA) is 57.2 Å². The van der Waals surface area contributed by atoms with Gasteiger partial charge in [-0.3, -0.25) is 4.79 Å². The first-order chi connectivity index (χ1) is 5.14. The van der Waals surface area contributed by atoms with Crippen LogP contribution in [0, 0.1) is 0 Å². The van der Waals surface area contributed by atoms with Crippen molar-refractivity contribution >= 4 is 11.8 Å². The molecule has 0 radical (unpaired) electrons. The lowest BCUT2D eigenvalue weighted by Gasteiger charge is -2.42. The van der Waals surface area contributed by atoms with Crippen LogP contribution in [-0.2, 0) is 9.59 Å². The summed E-state index contributed by atoms with van der Waals surface area (Å²) in [5.41, 5.74) is -1.46. The molecule has 0 heterocycles. The van der Waals surface area contributed by atoms with Crippen LogP contribution in [0.4, 0.5) is 0 Å². The zero-order valence-electron chi connectivity index (χ0n) is 8.17. The molecule has 70 valence electrons. The highest BCUT2D eigenvalue weighted by molar-refractivity contribution is 6.03. The Morgan fingerprint density at radius 2 is 1.58 bits per heavy atom. The molecule has 4 nitrogen and oxygen atoms in total. The molecule has 0 aliphatic heterocycles. The lowest BCUT2D eigenvalue weighted by molar-refractivity contribution is -0.903. The number of Topliss-reactive ketones (excluding diaryl/α,β-unsaturated/α-hetero) is 1. The van der Waals surface area contributed by atoms with E-state index in [4.69, 9.17) is 0 Å². The standard InChI is InChI=1S/C8H15NO3/c1-6(10)8(2,7(11)12)9(3,4)5/h1-5H3. The fraction of sp³-hybridized carbons (Fsp3) is 0.750. The largest absolute Gasteiger partial charge is 0.543 e. The van der Waals surface area contributed by atoms with Gasteiger partial charge in [-0.2, -0.15) is 0 Å². The van der Waals surface area contributed by atoms with Crippen molar-refractivity contribution in [2.24, 2.45) is 0 Å². The molecule has 0 aromatic carbocycles. The molecule has 0 N–H and O–H groups in total. The molecule has 0 saturated carbocycles. The van der Waals surface area contributed by atoms with Gasteiger partial charge in [0, 0.05) is 13.8 Å². The van der Waals surface area contributed by atoms with E-state index in [0.29, 0.717) is 0 Å². The summed E-state index contributed by atoms with van der Waals surface area (Å²) in [7, 11) is 4.95. The van der Waals surface area contributed by atoms with Crippen LogP contribution >= 0.6 is 0 Å². The Morgan fingerprint density at radius 3 is 1.58 bits per heavy atom. The summed E-state index contributed by atoms with van der Waals surface area (Å²) in [4.78, 5) is 21.9.